The highest BCUT2D eigenvalue weighted by atomic mass is 16.5. The molecular weight excluding hydrogens is 224 g/mol. The normalized spacial score (nSPS) is 21.2. The Morgan fingerprint density at radius 2 is 1.89 bits per heavy atom. The van der Waals surface area contributed by atoms with Crippen molar-refractivity contribution in [3.8, 4) is 0 Å². The van der Waals surface area contributed by atoms with Gasteiger partial charge in [0.1, 0.15) is 0 Å². The maximum atomic E-state index is 9.05. The van der Waals surface area contributed by atoms with Crippen LogP contribution in [0.3, 0.4) is 0 Å². The van der Waals surface area contributed by atoms with Gasteiger partial charge in [-0.15, -0.1) is 0 Å². The molecule has 1 heterocycles. The molecular formula is C16H22O2. The van der Waals surface area contributed by atoms with E-state index in [4.69, 9.17) is 9.84 Å². The zero-order valence-corrected chi connectivity index (χ0v) is 11.0. The number of aliphatic hydroxyl groups excluding tert-OH is 1. The van der Waals surface area contributed by atoms with Gasteiger partial charge in [0.25, 0.3) is 0 Å². The molecule has 1 N–H and O–H groups in total. The van der Waals surface area contributed by atoms with E-state index in [1.807, 2.05) is 0 Å². The Balaban J connectivity index is 1.86. The van der Waals surface area contributed by atoms with Gasteiger partial charge in [0, 0.05) is 12.0 Å². The third-order valence-corrected chi connectivity index (χ3v) is 4.53. The van der Waals surface area contributed by atoms with E-state index >= 15 is 0 Å². The number of aryl methyl sites for hydroxylation is 2. The van der Waals surface area contributed by atoms with Crippen molar-refractivity contribution in [1.29, 1.82) is 0 Å². The standard InChI is InChI=1S/C16H22O2/c17-9-3-8-16(11-18-12-16)15-7-6-13-4-1-2-5-14(13)10-15/h6-7,10,17H,1-5,8-9,11-12H2. The third kappa shape index (κ3) is 2.08. The smallest absolute Gasteiger partial charge is 0.0585 e. The Labute approximate surface area is 109 Å². The van der Waals surface area contributed by atoms with Gasteiger partial charge >= 0.3 is 0 Å². The molecule has 2 aliphatic rings. The van der Waals surface area contributed by atoms with Gasteiger partial charge in [-0.1, -0.05) is 18.2 Å². The first kappa shape index (κ1) is 12.2. The molecule has 2 nitrogen and oxygen atoms in total. The summed E-state index contributed by atoms with van der Waals surface area (Å²) in [6.45, 7) is 1.93. The van der Waals surface area contributed by atoms with Gasteiger partial charge in [0.15, 0.2) is 0 Å². The van der Waals surface area contributed by atoms with Gasteiger partial charge in [-0.25, -0.2) is 0 Å². The molecule has 0 atom stereocenters. The van der Waals surface area contributed by atoms with E-state index in [2.05, 4.69) is 18.2 Å². The third-order valence-electron chi connectivity index (χ3n) is 4.53. The lowest BCUT2D eigenvalue weighted by Gasteiger charge is -2.42. The van der Waals surface area contributed by atoms with E-state index in [1.54, 1.807) is 11.1 Å². The fourth-order valence-corrected chi connectivity index (χ4v) is 3.28. The van der Waals surface area contributed by atoms with Gasteiger partial charge < -0.3 is 9.84 Å². The monoisotopic (exact) mass is 246 g/mol. The zero-order valence-electron chi connectivity index (χ0n) is 11.0. The van der Waals surface area contributed by atoms with Gasteiger partial charge in [-0.05, 0) is 55.2 Å². The van der Waals surface area contributed by atoms with Crippen molar-refractivity contribution in [2.24, 2.45) is 0 Å². The molecule has 0 saturated carbocycles. The van der Waals surface area contributed by atoms with E-state index in [9.17, 15) is 0 Å². The van der Waals surface area contributed by atoms with Crippen LogP contribution in [-0.2, 0) is 23.0 Å². The van der Waals surface area contributed by atoms with Gasteiger partial charge in [0.2, 0.25) is 0 Å². The van der Waals surface area contributed by atoms with Crippen molar-refractivity contribution in [2.75, 3.05) is 19.8 Å². The highest BCUT2D eigenvalue weighted by Gasteiger charge is 2.39. The Kier molecular flexibility index (Phi) is 3.40. The summed E-state index contributed by atoms with van der Waals surface area (Å²) < 4.78 is 5.45. The zero-order chi connectivity index (χ0) is 12.4. The van der Waals surface area contributed by atoms with E-state index in [-0.39, 0.29) is 12.0 Å². The number of aliphatic hydroxyl groups is 1. The van der Waals surface area contributed by atoms with Crippen LogP contribution in [0.15, 0.2) is 18.2 Å². The van der Waals surface area contributed by atoms with Crippen LogP contribution >= 0.6 is 0 Å². The first-order valence-corrected chi connectivity index (χ1v) is 7.15. The summed E-state index contributed by atoms with van der Waals surface area (Å²) in [7, 11) is 0. The Hall–Kier alpha value is -0.860. The molecule has 1 aliphatic heterocycles. The highest BCUT2D eigenvalue weighted by molar-refractivity contribution is 5.38. The summed E-state index contributed by atoms with van der Waals surface area (Å²) in [5, 5.41) is 9.05. The van der Waals surface area contributed by atoms with Crippen molar-refractivity contribution >= 4 is 0 Å². The first-order chi connectivity index (χ1) is 8.84. The fraction of sp³-hybridized carbons (Fsp3) is 0.625. The topological polar surface area (TPSA) is 29.5 Å². The second kappa shape index (κ2) is 5.02. The quantitative estimate of drug-likeness (QED) is 0.885. The number of fused-ring (bicyclic) bond motifs is 1. The van der Waals surface area contributed by atoms with Gasteiger partial charge in [-0.3, -0.25) is 0 Å². The Morgan fingerprint density at radius 1 is 1.11 bits per heavy atom. The second-order valence-electron chi connectivity index (χ2n) is 5.79. The minimum Gasteiger partial charge on any atom is -0.396 e. The molecule has 98 valence electrons. The molecule has 0 unspecified atom stereocenters. The molecule has 1 aromatic carbocycles. The van der Waals surface area contributed by atoms with Crippen LogP contribution in [0.5, 0.6) is 0 Å². The van der Waals surface area contributed by atoms with Crippen LogP contribution < -0.4 is 0 Å². The Bertz CT molecular complexity index is 421. The molecule has 1 aliphatic carbocycles. The summed E-state index contributed by atoms with van der Waals surface area (Å²) in [5.74, 6) is 0. The molecule has 2 heteroatoms. The Morgan fingerprint density at radius 3 is 2.56 bits per heavy atom. The largest absolute Gasteiger partial charge is 0.396 e. The van der Waals surface area contributed by atoms with Crippen molar-refractivity contribution < 1.29 is 9.84 Å². The molecule has 18 heavy (non-hydrogen) atoms. The fourth-order valence-electron chi connectivity index (χ4n) is 3.28. The summed E-state index contributed by atoms with van der Waals surface area (Å²) >= 11 is 0. The lowest BCUT2D eigenvalue weighted by Crippen LogP contribution is -2.47. The van der Waals surface area contributed by atoms with E-state index in [1.165, 1.54) is 31.2 Å². The van der Waals surface area contributed by atoms with Crippen LogP contribution in [0.4, 0.5) is 0 Å². The highest BCUT2D eigenvalue weighted by Crippen LogP contribution is 2.38. The summed E-state index contributed by atoms with van der Waals surface area (Å²) in [4.78, 5) is 0. The lowest BCUT2D eigenvalue weighted by molar-refractivity contribution is -0.0665. The molecule has 0 radical (unpaired) electrons. The van der Waals surface area contributed by atoms with Gasteiger partial charge in [-0.2, -0.15) is 0 Å². The molecule has 1 saturated heterocycles. The van der Waals surface area contributed by atoms with Crippen molar-refractivity contribution in [3.05, 3.63) is 34.9 Å². The molecule has 0 amide bonds. The minimum absolute atomic E-state index is 0.190. The first-order valence-electron chi connectivity index (χ1n) is 7.15. The minimum atomic E-state index is 0.190. The van der Waals surface area contributed by atoms with Crippen LogP contribution in [0.1, 0.15) is 42.4 Å². The van der Waals surface area contributed by atoms with Crippen molar-refractivity contribution in [1.82, 2.24) is 0 Å². The molecule has 0 spiro atoms. The summed E-state index contributed by atoms with van der Waals surface area (Å²) in [5.41, 5.74) is 4.72. The van der Waals surface area contributed by atoms with Crippen molar-refractivity contribution in [3.63, 3.8) is 0 Å². The average molecular weight is 246 g/mol. The maximum Gasteiger partial charge on any atom is 0.0585 e. The molecule has 1 fully saturated rings. The summed E-state index contributed by atoms with van der Waals surface area (Å²) in [6, 6.07) is 7.03. The molecule has 0 aromatic heterocycles. The van der Waals surface area contributed by atoms with Crippen LogP contribution in [0.25, 0.3) is 0 Å². The number of rotatable bonds is 4. The van der Waals surface area contributed by atoms with Crippen LogP contribution in [-0.4, -0.2) is 24.9 Å². The predicted molar refractivity (Wildman–Crippen MR) is 71.9 cm³/mol. The number of benzene rings is 1. The lowest BCUT2D eigenvalue weighted by atomic mass is 9.73. The van der Waals surface area contributed by atoms with E-state index in [0.717, 1.165) is 26.1 Å². The van der Waals surface area contributed by atoms with E-state index in [0.29, 0.717) is 0 Å². The molecule has 1 aromatic rings. The average Bonchev–Trinajstić information content (AvgIpc) is 2.37. The molecule has 0 bridgehead atoms. The van der Waals surface area contributed by atoms with Crippen LogP contribution in [0, 0.1) is 0 Å². The number of hydrogen-bond acceptors (Lipinski definition) is 2. The predicted octanol–water partition coefficient (Wildman–Crippen LogP) is 2.61. The summed E-state index contributed by atoms with van der Waals surface area (Å²) in [6.07, 6.45) is 7.07. The second-order valence-corrected chi connectivity index (χ2v) is 5.79. The van der Waals surface area contributed by atoms with E-state index < -0.39 is 0 Å². The number of ether oxygens (including phenoxy) is 1. The van der Waals surface area contributed by atoms with Crippen LogP contribution in [0.2, 0.25) is 0 Å². The van der Waals surface area contributed by atoms with Crippen molar-refractivity contribution in [2.45, 2.75) is 43.9 Å². The molecule has 3 rings (SSSR count). The maximum absolute atomic E-state index is 9.05. The SMILES string of the molecule is OCCCC1(c2ccc3c(c2)CCCC3)COC1. The number of hydrogen-bond donors (Lipinski definition) is 1. The van der Waals surface area contributed by atoms with Gasteiger partial charge in [0.05, 0.1) is 13.2 Å².